The molecular formula is C21H27Cl3N2O2. The maximum atomic E-state index is 12.6. The Morgan fingerprint density at radius 3 is 1.96 bits per heavy atom. The van der Waals surface area contributed by atoms with Crippen LogP contribution in [0, 0.1) is 6.92 Å². The first-order chi connectivity index (χ1) is 12.1. The second kappa shape index (κ2) is 12.7. The number of aryl methyl sites for hydroxylation is 1. The number of carbonyl (C=O) groups is 2. The van der Waals surface area contributed by atoms with Crippen molar-refractivity contribution in [1.82, 2.24) is 5.43 Å². The summed E-state index contributed by atoms with van der Waals surface area (Å²) in [5, 5.41) is -0.625. The summed E-state index contributed by atoms with van der Waals surface area (Å²) in [6.45, 7) is 11.5. The highest BCUT2D eigenvalue weighted by molar-refractivity contribution is 6.68. The number of rotatable bonds is 4. The Morgan fingerprint density at radius 1 is 1.07 bits per heavy atom. The Kier molecular flexibility index (Phi) is 12.9. The van der Waals surface area contributed by atoms with E-state index < -0.39 is 5.24 Å². The van der Waals surface area contributed by atoms with E-state index >= 15 is 0 Å². The second-order valence-electron chi connectivity index (χ2n) is 6.82. The van der Waals surface area contributed by atoms with Crippen LogP contribution in [0.25, 0.3) is 6.08 Å². The molecule has 2 rings (SSSR count). The lowest BCUT2D eigenvalue weighted by Crippen LogP contribution is -2.41. The van der Waals surface area contributed by atoms with Crippen molar-refractivity contribution < 1.29 is 9.59 Å². The first-order valence-corrected chi connectivity index (χ1v) is 8.53. The lowest BCUT2D eigenvalue weighted by Gasteiger charge is -2.14. The van der Waals surface area contributed by atoms with Gasteiger partial charge in [-0.15, -0.1) is 24.8 Å². The van der Waals surface area contributed by atoms with E-state index in [1.807, 2.05) is 20.8 Å². The van der Waals surface area contributed by atoms with Crippen molar-refractivity contribution in [2.45, 2.75) is 33.2 Å². The van der Waals surface area contributed by atoms with Gasteiger partial charge in [0.15, 0.2) is 5.78 Å². The maximum Gasteiger partial charge on any atom is 0.253 e. The van der Waals surface area contributed by atoms with Gasteiger partial charge in [0.1, 0.15) is 0 Å². The van der Waals surface area contributed by atoms with Crippen LogP contribution in [0.3, 0.4) is 0 Å². The molecule has 0 aliphatic rings. The molecule has 0 spiro atoms. The van der Waals surface area contributed by atoms with E-state index in [0.717, 1.165) is 11.1 Å². The molecule has 0 saturated heterocycles. The quantitative estimate of drug-likeness (QED) is 0.288. The van der Waals surface area contributed by atoms with Gasteiger partial charge in [0, 0.05) is 22.2 Å². The lowest BCUT2D eigenvalue weighted by atomic mass is 9.94. The van der Waals surface area contributed by atoms with Crippen LogP contribution < -0.4 is 11.3 Å². The molecule has 0 unspecified atom stereocenters. The monoisotopic (exact) mass is 444 g/mol. The molecule has 28 heavy (non-hydrogen) atoms. The Balaban J connectivity index is 0. The molecule has 3 N–H and O–H groups in total. The fourth-order valence-electron chi connectivity index (χ4n) is 2.05. The van der Waals surface area contributed by atoms with Gasteiger partial charge in [-0.1, -0.05) is 49.1 Å². The topological polar surface area (TPSA) is 72.2 Å². The van der Waals surface area contributed by atoms with E-state index in [9.17, 15) is 9.59 Å². The highest BCUT2D eigenvalue weighted by Gasteiger charge is 2.19. The fraction of sp³-hybridized carbons (Fsp3) is 0.238. The van der Waals surface area contributed by atoms with Crippen LogP contribution in [0.5, 0.6) is 0 Å². The van der Waals surface area contributed by atoms with E-state index in [0.29, 0.717) is 11.1 Å². The number of benzene rings is 2. The van der Waals surface area contributed by atoms with E-state index in [1.54, 1.807) is 55.5 Å². The highest BCUT2D eigenvalue weighted by Crippen LogP contribution is 2.21. The smallest absolute Gasteiger partial charge is 0.253 e. The number of ketones is 1. The molecule has 0 amide bonds. The molecule has 0 fully saturated rings. The minimum Gasteiger partial charge on any atom is -0.289 e. The van der Waals surface area contributed by atoms with Crippen LogP contribution in [0.1, 0.15) is 58.2 Å². The molecule has 0 aliphatic carbocycles. The molecule has 2 aromatic carbocycles. The Hall–Kier alpha value is -1.69. The number of halogens is 3. The van der Waals surface area contributed by atoms with Crippen LogP contribution in [-0.4, -0.2) is 16.6 Å². The molecule has 0 radical (unpaired) electrons. The molecular weight excluding hydrogens is 419 g/mol. The van der Waals surface area contributed by atoms with Crippen molar-refractivity contribution in [3.05, 3.63) is 76.9 Å². The van der Waals surface area contributed by atoms with Crippen molar-refractivity contribution in [3.63, 3.8) is 0 Å². The summed E-state index contributed by atoms with van der Waals surface area (Å²) in [5.74, 6) is 4.85. The first kappa shape index (κ1) is 28.5. The van der Waals surface area contributed by atoms with Gasteiger partial charge in [0.2, 0.25) is 0 Å². The van der Waals surface area contributed by atoms with Crippen LogP contribution in [0.15, 0.2) is 49.0 Å². The molecule has 0 heterocycles. The Morgan fingerprint density at radius 2 is 1.57 bits per heavy atom. The normalized spacial score (nSPS) is 9.79. The molecule has 154 valence electrons. The van der Waals surface area contributed by atoms with Crippen molar-refractivity contribution in [2.75, 3.05) is 0 Å². The predicted molar refractivity (Wildman–Crippen MR) is 123 cm³/mol. The van der Waals surface area contributed by atoms with E-state index in [2.05, 4.69) is 12.0 Å². The van der Waals surface area contributed by atoms with E-state index in [1.165, 1.54) is 0 Å². The number of carbonyl (C=O) groups excluding carboxylic acids is 2. The van der Waals surface area contributed by atoms with Crippen molar-refractivity contribution in [1.29, 1.82) is 0 Å². The average Bonchev–Trinajstić information content (AvgIpc) is 2.61. The third kappa shape index (κ3) is 8.55. The van der Waals surface area contributed by atoms with Gasteiger partial charge in [-0.3, -0.25) is 20.9 Å². The molecule has 2 aromatic rings. The van der Waals surface area contributed by atoms with Crippen LogP contribution >= 0.6 is 36.4 Å². The van der Waals surface area contributed by atoms with Crippen LogP contribution in [-0.2, 0) is 0 Å². The van der Waals surface area contributed by atoms with Gasteiger partial charge < -0.3 is 0 Å². The van der Waals surface area contributed by atoms with Gasteiger partial charge in [-0.2, -0.15) is 0 Å². The van der Waals surface area contributed by atoms with Gasteiger partial charge in [-0.05, 0) is 56.5 Å². The summed E-state index contributed by atoms with van der Waals surface area (Å²) >= 11 is 5.56. The van der Waals surface area contributed by atoms with Crippen molar-refractivity contribution in [3.8, 4) is 0 Å². The maximum absolute atomic E-state index is 12.6. The summed E-state index contributed by atoms with van der Waals surface area (Å²) in [5.41, 5.74) is 5.45. The average molecular weight is 446 g/mol. The molecule has 4 nitrogen and oxygen atoms in total. The van der Waals surface area contributed by atoms with E-state index in [-0.39, 0.29) is 41.7 Å². The summed E-state index contributed by atoms with van der Waals surface area (Å²) in [7, 11) is 0. The molecule has 0 aliphatic heterocycles. The number of nitrogens with one attached hydrogen (secondary N) is 1. The zero-order valence-electron chi connectivity index (χ0n) is 16.4. The number of hydrogen-bond acceptors (Lipinski definition) is 4. The van der Waals surface area contributed by atoms with Crippen molar-refractivity contribution >= 4 is 53.5 Å². The summed E-state index contributed by atoms with van der Waals surface area (Å²) in [6.07, 6.45) is 1.70. The molecule has 0 aromatic heterocycles. The number of hydrogen-bond donors (Lipinski definition) is 2. The molecule has 0 atom stereocenters. The summed E-state index contributed by atoms with van der Waals surface area (Å²) in [6, 6.07) is 12.1. The van der Waals surface area contributed by atoms with Crippen molar-refractivity contribution in [2.24, 2.45) is 5.84 Å². The largest absolute Gasteiger partial charge is 0.289 e. The summed E-state index contributed by atoms with van der Waals surface area (Å²) < 4.78 is 0. The zero-order valence-corrected chi connectivity index (χ0v) is 18.8. The van der Waals surface area contributed by atoms with Gasteiger partial charge in [0.25, 0.3) is 5.24 Å². The van der Waals surface area contributed by atoms with Crippen LogP contribution in [0.2, 0.25) is 0 Å². The minimum absolute atomic E-state index is 0. The Labute approximate surface area is 184 Å². The van der Waals surface area contributed by atoms with E-state index in [4.69, 9.17) is 17.4 Å². The lowest BCUT2D eigenvalue weighted by molar-refractivity contribution is 0.102. The molecule has 7 heteroatoms. The Bertz CT molecular complexity index is 798. The third-order valence-electron chi connectivity index (χ3n) is 3.55. The molecule has 0 saturated carbocycles. The number of nitrogens with two attached hydrogens (primary N) is 1. The first-order valence-electron chi connectivity index (χ1n) is 8.15. The third-order valence-corrected chi connectivity index (χ3v) is 3.76. The SMILES string of the molecule is C=Cc1ccc(C(=O)c2c(C)cccc2C(=O)Cl)cc1.CC(C)(C)NN.Cl.Cl. The highest BCUT2D eigenvalue weighted by atomic mass is 35.5. The van der Waals surface area contributed by atoms with Gasteiger partial charge in [0.05, 0.1) is 0 Å². The second-order valence-corrected chi connectivity index (χ2v) is 7.16. The zero-order chi connectivity index (χ0) is 19.9. The number of hydrazine groups is 1. The van der Waals surface area contributed by atoms with Gasteiger partial charge >= 0.3 is 0 Å². The minimum atomic E-state index is -0.625. The fourth-order valence-corrected chi connectivity index (χ4v) is 2.21. The predicted octanol–water partition coefficient (Wildman–Crippen LogP) is 5.34. The molecule has 0 bridgehead atoms. The van der Waals surface area contributed by atoms with Crippen LogP contribution in [0.4, 0.5) is 0 Å². The standard InChI is InChI=1S/C17H13ClO2.C4H12N2.2ClH/c1-3-12-7-9-13(10-8-12)16(19)15-11(2)5-4-6-14(15)17(18)20;1-4(2,3)6-5;;/h3-10H,1H2,2H3;6H,5H2,1-3H3;2*1H. The van der Waals surface area contributed by atoms with Gasteiger partial charge in [-0.25, -0.2) is 0 Å². The summed E-state index contributed by atoms with van der Waals surface area (Å²) in [4.78, 5) is 24.0.